The van der Waals surface area contributed by atoms with Crippen molar-refractivity contribution in [3.63, 3.8) is 0 Å². The highest BCUT2D eigenvalue weighted by Crippen LogP contribution is 2.37. The summed E-state index contributed by atoms with van der Waals surface area (Å²) in [5.74, 6) is 0.494. The lowest BCUT2D eigenvalue weighted by molar-refractivity contribution is 0.0576. The molecule has 1 aromatic carbocycles. The maximum atomic E-state index is 11.6. The fourth-order valence-corrected chi connectivity index (χ4v) is 2.88. The van der Waals surface area contributed by atoms with Crippen LogP contribution in [-0.2, 0) is 4.74 Å². The second-order valence-electron chi connectivity index (χ2n) is 4.47. The molecule has 2 atom stereocenters. The maximum absolute atomic E-state index is 11.6. The molecule has 2 saturated heterocycles. The smallest absolute Gasteiger partial charge is 0.410 e. The molecule has 16 heavy (non-hydrogen) atoms. The van der Waals surface area contributed by atoms with Gasteiger partial charge in [0, 0.05) is 24.9 Å². The minimum Gasteiger partial charge on any atom is -0.449 e. The molecule has 0 spiro atoms. The number of nitrogens with zero attached hydrogens (tertiary/aromatic N) is 1. The fraction of sp³-hybridized carbons (Fsp3) is 0.462. The van der Waals surface area contributed by atoms with E-state index < -0.39 is 0 Å². The largest absolute Gasteiger partial charge is 0.449 e. The topological polar surface area (TPSA) is 29.5 Å². The highest BCUT2D eigenvalue weighted by molar-refractivity contribution is 5.69. The second kappa shape index (κ2) is 3.81. The quantitative estimate of drug-likeness (QED) is 0.722. The molecule has 0 unspecified atom stereocenters. The van der Waals surface area contributed by atoms with Gasteiger partial charge in [-0.05, 0) is 12.0 Å². The average molecular weight is 217 g/mol. The highest BCUT2D eigenvalue weighted by atomic mass is 16.6. The number of rotatable bonds is 1. The van der Waals surface area contributed by atoms with Gasteiger partial charge in [0.05, 0.1) is 6.61 Å². The lowest BCUT2D eigenvalue weighted by atomic mass is 9.90. The molecule has 0 aliphatic carbocycles. The van der Waals surface area contributed by atoms with Crippen LogP contribution in [0, 0.1) is 0 Å². The van der Waals surface area contributed by atoms with Crippen LogP contribution in [0.5, 0.6) is 0 Å². The summed E-state index contributed by atoms with van der Waals surface area (Å²) < 4.78 is 5.06. The molecular formula is C13H15NO2. The van der Waals surface area contributed by atoms with Crippen LogP contribution in [0.25, 0.3) is 0 Å². The van der Waals surface area contributed by atoms with Gasteiger partial charge in [-0.3, -0.25) is 0 Å². The number of carbonyl (C=O) groups is 1. The van der Waals surface area contributed by atoms with Gasteiger partial charge in [-0.25, -0.2) is 4.79 Å². The first kappa shape index (κ1) is 9.70. The van der Waals surface area contributed by atoms with E-state index in [0.29, 0.717) is 18.6 Å². The highest BCUT2D eigenvalue weighted by Gasteiger charge is 2.40. The summed E-state index contributed by atoms with van der Waals surface area (Å²) in [6.45, 7) is 1.41. The Morgan fingerprint density at radius 2 is 2.00 bits per heavy atom. The number of fused-ring (bicyclic) bond motifs is 1. The molecule has 2 fully saturated rings. The van der Waals surface area contributed by atoms with E-state index in [2.05, 4.69) is 24.3 Å². The molecular weight excluding hydrogens is 202 g/mol. The second-order valence-corrected chi connectivity index (χ2v) is 4.47. The zero-order chi connectivity index (χ0) is 11.0. The first-order chi connectivity index (χ1) is 7.86. The van der Waals surface area contributed by atoms with E-state index in [4.69, 9.17) is 4.74 Å². The molecule has 3 heteroatoms. The van der Waals surface area contributed by atoms with Crippen molar-refractivity contribution in [1.82, 2.24) is 4.90 Å². The zero-order valence-electron chi connectivity index (χ0n) is 9.13. The Labute approximate surface area is 95.0 Å². The Morgan fingerprint density at radius 1 is 1.19 bits per heavy atom. The molecule has 3 nitrogen and oxygen atoms in total. The third kappa shape index (κ3) is 1.47. The molecule has 2 aliphatic heterocycles. The van der Waals surface area contributed by atoms with Crippen LogP contribution in [0.4, 0.5) is 4.79 Å². The summed E-state index contributed by atoms with van der Waals surface area (Å²) in [6, 6.07) is 10.8. The van der Waals surface area contributed by atoms with Crippen LogP contribution >= 0.6 is 0 Å². The number of cyclic esters (lactones) is 1. The predicted octanol–water partition coefficient (Wildman–Crippen LogP) is 2.38. The first-order valence-electron chi connectivity index (χ1n) is 5.84. The van der Waals surface area contributed by atoms with E-state index in [9.17, 15) is 4.79 Å². The molecule has 2 aliphatic rings. The van der Waals surface area contributed by atoms with Crippen molar-refractivity contribution < 1.29 is 9.53 Å². The van der Waals surface area contributed by atoms with Crippen LogP contribution < -0.4 is 0 Å². The summed E-state index contributed by atoms with van der Waals surface area (Å²) in [5, 5.41) is 0. The molecule has 0 bridgehead atoms. The van der Waals surface area contributed by atoms with Crippen molar-refractivity contribution in [3.05, 3.63) is 35.9 Å². The summed E-state index contributed by atoms with van der Waals surface area (Å²) in [6.07, 6.45) is 1.89. The number of benzene rings is 1. The Hall–Kier alpha value is -1.51. The van der Waals surface area contributed by atoms with Crippen molar-refractivity contribution in [2.24, 2.45) is 0 Å². The van der Waals surface area contributed by atoms with E-state index in [0.717, 1.165) is 19.4 Å². The summed E-state index contributed by atoms with van der Waals surface area (Å²) >= 11 is 0. The van der Waals surface area contributed by atoms with E-state index >= 15 is 0 Å². The van der Waals surface area contributed by atoms with E-state index in [1.54, 1.807) is 0 Å². The lowest BCUT2D eigenvalue weighted by Crippen LogP contribution is -2.43. The molecule has 0 radical (unpaired) electrons. The van der Waals surface area contributed by atoms with Crippen molar-refractivity contribution in [2.45, 2.75) is 24.8 Å². The van der Waals surface area contributed by atoms with Crippen molar-refractivity contribution in [3.8, 4) is 0 Å². The van der Waals surface area contributed by atoms with Crippen molar-refractivity contribution in [1.29, 1.82) is 0 Å². The molecule has 0 N–H and O–H groups in total. The molecule has 3 rings (SSSR count). The molecule has 0 aromatic heterocycles. The summed E-state index contributed by atoms with van der Waals surface area (Å²) in [4.78, 5) is 13.4. The molecule has 0 saturated carbocycles. The lowest BCUT2D eigenvalue weighted by Gasteiger charge is -2.31. The molecule has 1 aromatic rings. The number of carbonyl (C=O) groups excluding carboxylic acids is 1. The number of hydrogen-bond acceptors (Lipinski definition) is 2. The molecule has 1 amide bonds. The van der Waals surface area contributed by atoms with Gasteiger partial charge in [-0.1, -0.05) is 30.3 Å². The third-order valence-electron chi connectivity index (χ3n) is 3.65. The average Bonchev–Trinajstić information content (AvgIpc) is 2.75. The minimum absolute atomic E-state index is 0.130. The van der Waals surface area contributed by atoms with Crippen LogP contribution in [0.15, 0.2) is 30.3 Å². The Morgan fingerprint density at radius 3 is 2.81 bits per heavy atom. The van der Waals surface area contributed by atoms with E-state index in [1.165, 1.54) is 5.56 Å². The predicted molar refractivity (Wildman–Crippen MR) is 60.3 cm³/mol. The van der Waals surface area contributed by atoms with Crippen LogP contribution in [0.2, 0.25) is 0 Å². The Bertz CT molecular complexity index is 390. The minimum atomic E-state index is -0.130. The van der Waals surface area contributed by atoms with Gasteiger partial charge in [0.1, 0.15) is 0 Å². The fourth-order valence-electron chi connectivity index (χ4n) is 2.88. The number of ether oxygens (including phenoxy) is 1. The van der Waals surface area contributed by atoms with Crippen LogP contribution in [-0.4, -0.2) is 30.2 Å². The summed E-state index contributed by atoms with van der Waals surface area (Å²) in [5.41, 5.74) is 1.35. The number of amides is 1. The maximum Gasteiger partial charge on any atom is 0.410 e. The van der Waals surface area contributed by atoms with Crippen molar-refractivity contribution in [2.75, 3.05) is 13.2 Å². The Kier molecular flexibility index (Phi) is 2.31. The zero-order valence-corrected chi connectivity index (χ0v) is 9.13. The van der Waals surface area contributed by atoms with Crippen LogP contribution in [0.3, 0.4) is 0 Å². The van der Waals surface area contributed by atoms with Crippen molar-refractivity contribution >= 4 is 6.09 Å². The van der Waals surface area contributed by atoms with E-state index in [1.807, 2.05) is 11.0 Å². The van der Waals surface area contributed by atoms with Gasteiger partial charge in [-0.15, -0.1) is 0 Å². The van der Waals surface area contributed by atoms with Gasteiger partial charge in [0.25, 0.3) is 0 Å². The normalized spacial score (nSPS) is 28.8. The Balaban J connectivity index is 1.86. The monoisotopic (exact) mass is 217 g/mol. The molecule has 84 valence electrons. The molecule has 2 heterocycles. The number of hydrogen-bond donors (Lipinski definition) is 0. The summed E-state index contributed by atoms with van der Waals surface area (Å²) in [7, 11) is 0. The van der Waals surface area contributed by atoms with Gasteiger partial charge in [0.15, 0.2) is 0 Å². The SMILES string of the molecule is O=C1OCC[C@@H]2[C@@H](c3ccccc3)CCN12. The van der Waals surface area contributed by atoms with E-state index in [-0.39, 0.29) is 6.09 Å². The van der Waals surface area contributed by atoms with Gasteiger partial charge in [0.2, 0.25) is 0 Å². The third-order valence-corrected chi connectivity index (χ3v) is 3.65. The van der Waals surface area contributed by atoms with Crippen LogP contribution in [0.1, 0.15) is 24.3 Å². The van der Waals surface area contributed by atoms with Gasteiger partial charge < -0.3 is 9.64 Å². The standard InChI is InChI=1S/C13H15NO2/c15-13-14-8-6-11(12(14)7-9-16-13)10-4-2-1-3-5-10/h1-5,11-12H,6-9H2/t11-,12-/m1/s1. The first-order valence-corrected chi connectivity index (χ1v) is 5.84. The van der Waals surface area contributed by atoms with Gasteiger partial charge in [-0.2, -0.15) is 0 Å². The van der Waals surface area contributed by atoms with Gasteiger partial charge >= 0.3 is 6.09 Å².